The smallest absolute Gasteiger partial charge is 0.391 e. The van der Waals surface area contributed by atoms with E-state index < -0.39 is 36.3 Å². The van der Waals surface area contributed by atoms with Crippen molar-refractivity contribution in [2.24, 2.45) is 41.4 Å². The highest BCUT2D eigenvalue weighted by molar-refractivity contribution is 5.82. The van der Waals surface area contributed by atoms with Crippen LogP contribution in [0.5, 0.6) is 0 Å². The van der Waals surface area contributed by atoms with Gasteiger partial charge in [0.25, 0.3) is 0 Å². The van der Waals surface area contributed by atoms with Crippen LogP contribution in [0.15, 0.2) is 12.2 Å². The van der Waals surface area contributed by atoms with Gasteiger partial charge in [0, 0.05) is 25.0 Å². The lowest BCUT2D eigenvalue weighted by Gasteiger charge is -2.32. The van der Waals surface area contributed by atoms with E-state index in [-0.39, 0.29) is 31.3 Å². The van der Waals surface area contributed by atoms with Crippen LogP contribution in [0.2, 0.25) is 0 Å². The first-order valence-corrected chi connectivity index (χ1v) is 17.1. The zero-order valence-corrected chi connectivity index (χ0v) is 25.8. The fraction of sp³-hybridized carbons (Fsp3) is 0.909. The number of amides is 1. The Kier molecular flexibility index (Phi) is 11.5. The summed E-state index contributed by atoms with van der Waals surface area (Å²) in [4.78, 5) is 19.7. The van der Waals surface area contributed by atoms with E-state index in [1.54, 1.807) is 12.0 Å². The Labute approximate surface area is 255 Å². The van der Waals surface area contributed by atoms with Crippen LogP contribution in [0.25, 0.3) is 0 Å². The topological polar surface area (TPSA) is 94.1 Å². The zero-order valence-electron chi connectivity index (χ0n) is 25.8. The molecule has 4 N–H and O–H groups in total. The maximum atomic E-state index is 13.5. The number of carbonyl (C=O) groups excluding carboxylic acids is 1. The van der Waals surface area contributed by atoms with E-state index in [0.717, 1.165) is 38.6 Å². The second-order valence-corrected chi connectivity index (χ2v) is 14.3. The molecule has 0 radical (unpaired) electrons. The van der Waals surface area contributed by atoms with Crippen molar-refractivity contribution in [3.63, 3.8) is 0 Å². The van der Waals surface area contributed by atoms with E-state index in [4.69, 9.17) is 4.84 Å². The highest BCUT2D eigenvalue weighted by atomic mass is 19.4. The van der Waals surface area contributed by atoms with Gasteiger partial charge in [0.2, 0.25) is 5.91 Å². The lowest BCUT2D eigenvalue weighted by molar-refractivity contribution is -0.193. The van der Waals surface area contributed by atoms with Crippen molar-refractivity contribution in [3.8, 4) is 0 Å². The van der Waals surface area contributed by atoms with Gasteiger partial charge in [-0.1, -0.05) is 25.0 Å². The Hall–Kier alpha value is -1.20. The lowest BCUT2D eigenvalue weighted by atomic mass is 9.78. The van der Waals surface area contributed by atoms with Crippen molar-refractivity contribution in [2.45, 2.75) is 121 Å². The largest absolute Gasteiger partial charge is 0.396 e. The molecule has 5 fully saturated rings. The molecule has 0 aromatic heterocycles. The van der Waals surface area contributed by atoms with Crippen molar-refractivity contribution in [2.75, 3.05) is 26.2 Å². The molecule has 2 aliphatic heterocycles. The van der Waals surface area contributed by atoms with Gasteiger partial charge in [0.05, 0.1) is 18.6 Å². The second kappa shape index (κ2) is 14.9. The average molecular weight is 614 g/mol. The number of aliphatic hydroxyl groups excluding tert-OH is 2. The molecule has 1 amide bonds. The maximum Gasteiger partial charge on any atom is 0.391 e. The number of carbonyl (C=O) groups is 1. The number of alkyl halides is 3. The van der Waals surface area contributed by atoms with Crippen molar-refractivity contribution in [1.29, 1.82) is 0 Å². The van der Waals surface area contributed by atoms with E-state index in [9.17, 15) is 28.2 Å². The van der Waals surface area contributed by atoms with Gasteiger partial charge >= 0.3 is 6.18 Å². The normalized spacial score (nSPS) is 40.0. The van der Waals surface area contributed by atoms with Gasteiger partial charge in [-0.2, -0.15) is 18.2 Å². The van der Waals surface area contributed by atoms with Crippen LogP contribution < -0.4 is 10.6 Å². The number of allylic oxidation sites excluding steroid dienone is 2. The summed E-state index contributed by atoms with van der Waals surface area (Å²) in [5.74, 6) is 0.527. The number of hydrogen-bond acceptors (Lipinski definition) is 6. The molecule has 0 aromatic carbocycles. The summed E-state index contributed by atoms with van der Waals surface area (Å²) in [6, 6.07) is -0.0132. The van der Waals surface area contributed by atoms with Crippen LogP contribution in [0.3, 0.4) is 0 Å². The van der Waals surface area contributed by atoms with Crippen LogP contribution in [0, 0.1) is 41.4 Å². The molecular formula is C33H54F3N3O4. The first-order valence-electron chi connectivity index (χ1n) is 17.1. The standard InChI is InChI=1S/C33H54F3N3O4/c1-21(41)31-28(20-40)30(32(42)37-17-16-25-18-38-29-5-3-2-4-27(25)29)39(43-31)19-24-10-8-22(9-11-24)6-7-23-12-14-26(15-13-23)33(34,35)36/h6-7,21-31,38,40-41H,2-5,8-20H2,1H3,(H,37,42)/b7-6+/t21-,22?,23?,24?,25?,26?,27?,28+,29?,30+,31+/m0/s1. The highest BCUT2D eigenvalue weighted by Crippen LogP contribution is 2.41. The van der Waals surface area contributed by atoms with Crippen LogP contribution >= 0.6 is 0 Å². The molecule has 3 saturated carbocycles. The fourth-order valence-corrected chi connectivity index (χ4v) is 8.83. The highest BCUT2D eigenvalue weighted by Gasteiger charge is 2.49. The number of hydroxylamine groups is 2. The summed E-state index contributed by atoms with van der Waals surface area (Å²) in [6.45, 7) is 3.61. The van der Waals surface area contributed by atoms with Crippen molar-refractivity contribution < 1.29 is 33.0 Å². The van der Waals surface area contributed by atoms with E-state index in [2.05, 4.69) is 22.8 Å². The molecule has 43 heavy (non-hydrogen) atoms. The molecule has 5 aliphatic rings. The van der Waals surface area contributed by atoms with Gasteiger partial charge in [-0.05, 0) is 114 Å². The third-order valence-electron chi connectivity index (χ3n) is 11.5. The van der Waals surface area contributed by atoms with Crippen molar-refractivity contribution in [3.05, 3.63) is 12.2 Å². The molecule has 0 aromatic rings. The predicted molar refractivity (Wildman–Crippen MR) is 159 cm³/mol. The molecule has 7 atom stereocenters. The minimum Gasteiger partial charge on any atom is -0.396 e. The number of rotatable bonds is 10. The van der Waals surface area contributed by atoms with E-state index >= 15 is 0 Å². The molecule has 5 rings (SSSR count). The Morgan fingerprint density at radius 1 is 1.02 bits per heavy atom. The third kappa shape index (κ3) is 8.34. The Bertz CT molecular complexity index is 918. The number of fused-ring (bicyclic) bond motifs is 1. The molecular weight excluding hydrogens is 559 g/mol. The third-order valence-corrected chi connectivity index (χ3v) is 11.5. The van der Waals surface area contributed by atoms with Gasteiger partial charge < -0.3 is 20.8 Å². The maximum absolute atomic E-state index is 13.5. The van der Waals surface area contributed by atoms with Crippen LogP contribution in [-0.4, -0.2) is 77.9 Å². The average Bonchev–Trinajstić information content (AvgIpc) is 3.58. The van der Waals surface area contributed by atoms with Gasteiger partial charge in [0.1, 0.15) is 12.1 Å². The van der Waals surface area contributed by atoms with Gasteiger partial charge in [0.15, 0.2) is 0 Å². The summed E-state index contributed by atoms with van der Waals surface area (Å²) >= 11 is 0. The minimum absolute atomic E-state index is 0.134. The molecule has 3 aliphatic carbocycles. The monoisotopic (exact) mass is 613 g/mol. The molecule has 2 heterocycles. The fourth-order valence-electron chi connectivity index (χ4n) is 8.83. The molecule has 246 valence electrons. The lowest BCUT2D eigenvalue weighted by Crippen LogP contribution is -2.49. The summed E-state index contributed by atoms with van der Waals surface area (Å²) in [5.41, 5.74) is 0. The molecule has 7 nitrogen and oxygen atoms in total. The number of halogens is 3. The summed E-state index contributed by atoms with van der Waals surface area (Å²) in [6.07, 6.45) is 10.6. The Morgan fingerprint density at radius 2 is 1.67 bits per heavy atom. The minimum atomic E-state index is -4.07. The Balaban J connectivity index is 1.10. The predicted octanol–water partition coefficient (Wildman–Crippen LogP) is 4.98. The second-order valence-electron chi connectivity index (χ2n) is 14.3. The summed E-state index contributed by atoms with van der Waals surface area (Å²) in [7, 11) is 0. The van der Waals surface area contributed by atoms with Gasteiger partial charge in [-0.15, -0.1) is 0 Å². The first-order chi connectivity index (χ1) is 20.6. The van der Waals surface area contributed by atoms with Gasteiger partial charge in [-0.3, -0.25) is 9.63 Å². The van der Waals surface area contributed by atoms with E-state index in [0.29, 0.717) is 55.6 Å². The molecule has 3 unspecified atom stereocenters. The number of aliphatic hydroxyl groups is 2. The molecule has 0 spiro atoms. The number of nitrogens with zero attached hydrogens (tertiary/aromatic N) is 1. The van der Waals surface area contributed by atoms with E-state index in [1.807, 2.05) is 0 Å². The van der Waals surface area contributed by atoms with Crippen LogP contribution in [0.1, 0.15) is 90.4 Å². The van der Waals surface area contributed by atoms with E-state index in [1.165, 1.54) is 25.7 Å². The van der Waals surface area contributed by atoms with Gasteiger partial charge in [-0.25, -0.2) is 0 Å². The van der Waals surface area contributed by atoms with Crippen LogP contribution in [-0.2, 0) is 9.63 Å². The quantitative estimate of drug-likeness (QED) is 0.260. The van der Waals surface area contributed by atoms with Crippen molar-refractivity contribution >= 4 is 5.91 Å². The summed E-state index contributed by atoms with van der Waals surface area (Å²) < 4.78 is 38.9. The first kappa shape index (κ1) is 33.2. The Morgan fingerprint density at radius 3 is 2.30 bits per heavy atom. The van der Waals surface area contributed by atoms with Crippen molar-refractivity contribution in [1.82, 2.24) is 15.7 Å². The molecule has 0 bridgehead atoms. The zero-order chi connectivity index (χ0) is 30.6. The van der Waals surface area contributed by atoms with Crippen LogP contribution in [0.4, 0.5) is 13.2 Å². The molecule has 10 heteroatoms. The number of nitrogens with one attached hydrogen (secondary N) is 2. The summed E-state index contributed by atoms with van der Waals surface area (Å²) in [5, 5.41) is 29.2. The number of hydrogen-bond donors (Lipinski definition) is 4. The molecule has 2 saturated heterocycles. The SMILES string of the molecule is C[C@H](O)[C@H]1ON(CC2CCC(/C=C/C3CCC(C(F)(F)F)CC3)CC2)[C@@H](C(=O)NCCC2CNC3CCCCC23)[C@H]1CO.